The second-order valence-corrected chi connectivity index (χ2v) is 3.77. The molecule has 0 aliphatic carbocycles. The lowest BCUT2D eigenvalue weighted by Crippen LogP contribution is -2.34. The van der Waals surface area contributed by atoms with Crippen LogP contribution >= 0.6 is 0 Å². The molecule has 100 valence electrons. The van der Waals surface area contributed by atoms with E-state index >= 15 is 0 Å². The topological polar surface area (TPSA) is 87.7 Å². The molecule has 3 N–H and O–H groups in total. The summed E-state index contributed by atoms with van der Waals surface area (Å²) in [5.41, 5.74) is 0. The van der Waals surface area contributed by atoms with Gasteiger partial charge in [0, 0.05) is 20.1 Å². The van der Waals surface area contributed by atoms with E-state index in [1.807, 2.05) is 0 Å². The first-order valence-corrected chi connectivity index (χ1v) is 5.77. The van der Waals surface area contributed by atoms with E-state index in [9.17, 15) is 9.59 Å². The highest BCUT2D eigenvalue weighted by atomic mass is 16.5. The van der Waals surface area contributed by atoms with Gasteiger partial charge in [-0.25, -0.2) is 0 Å². The van der Waals surface area contributed by atoms with Crippen LogP contribution in [0.2, 0.25) is 0 Å². The van der Waals surface area contributed by atoms with E-state index in [4.69, 9.17) is 9.84 Å². The zero-order valence-corrected chi connectivity index (χ0v) is 10.5. The Labute approximate surface area is 102 Å². The van der Waals surface area contributed by atoms with Gasteiger partial charge in [0.2, 0.25) is 5.91 Å². The molecule has 0 aliphatic heterocycles. The number of amides is 1. The summed E-state index contributed by atoms with van der Waals surface area (Å²) >= 11 is 0. The van der Waals surface area contributed by atoms with E-state index in [1.165, 1.54) is 0 Å². The summed E-state index contributed by atoms with van der Waals surface area (Å²) < 4.78 is 4.78. The molecule has 0 spiro atoms. The Balaban J connectivity index is 3.45. The molecule has 0 saturated carbocycles. The first-order valence-electron chi connectivity index (χ1n) is 5.77. The van der Waals surface area contributed by atoms with Crippen LogP contribution < -0.4 is 10.6 Å². The Bertz CT molecular complexity index is 234. The predicted molar refractivity (Wildman–Crippen MR) is 63.8 cm³/mol. The summed E-state index contributed by atoms with van der Waals surface area (Å²) in [5, 5.41) is 14.2. The maximum absolute atomic E-state index is 11.2. The monoisotopic (exact) mass is 246 g/mol. The lowest BCUT2D eigenvalue weighted by atomic mass is 10.1. The third-order valence-corrected chi connectivity index (χ3v) is 2.42. The van der Waals surface area contributed by atoms with Crippen LogP contribution in [0.1, 0.15) is 25.7 Å². The number of carbonyl (C=O) groups is 2. The van der Waals surface area contributed by atoms with Crippen molar-refractivity contribution in [2.45, 2.75) is 31.7 Å². The van der Waals surface area contributed by atoms with E-state index in [0.717, 1.165) is 12.8 Å². The molecule has 0 aromatic rings. The first kappa shape index (κ1) is 15.9. The molecule has 0 fully saturated rings. The van der Waals surface area contributed by atoms with Crippen molar-refractivity contribution in [3.05, 3.63) is 0 Å². The second kappa shape index (κ2) is 10.0. The number of unbranched alkanes of at least 4 members (excludes halogenated alkanes) is 1. The van der Waals surface area contributed by atoms with Crippen LogP contribution in [0.5, 0.6) is 0 Å². The van der Waals surface area contributed by atoms with Crippen LogP contribution in [0.25, 0.3) is 0 Å². The largest absolute Gasteiger partial charge is 0.480 e. The average Bonchev–Trinajstić information content (AvgIpc) is 2.30. The summed E-state index contributed by atoms with van der Waals surface area (Å²) in [6.07, 6.45) is 2.48. The van der Waals surface area contributed by atoms with Crippen molar-refractivity contribution in [2.24, 2.45) is 0 Å². The molecule has 0 rings (SSSR count). The molecule has 0 aliphatic rings. The van der Waals surface area contributed by atoms with E-state index in [0.29, 0.717) is 26.0 Å². The molecule has 1 unspecified atom stereocenters. The normalized spacial score (nSPS) is 12.1. The van der Waals surface area contributed by atoms with Crippen LogP contribution in [0, 0.1) is 0 Å². The standard InChI is InChI=1S/C11H22N2O4/c1-12-9(11(15)16)5-3-4-7-13-10(14)6-8-17-2/h9,12H,3-8H2,1-2H3,(H,13,14)(H,15,16). The summed E-state index contributed by atoms with van der Waals surface area (Å²) in [6, 6.07) is -0.501. The molecule has 1 atom stereocenters. The Hall–Kier alpha value is -1.14. The lowest BCUT2D eigenvalue weighted by Gasteiger charge is -2.10. The van der Waals surface area contributed by atoms with E-state index in [-0.39, 0.29) is 5.91 Å². The third-order valence-electron chi connectivity index (χ3n) is 2.42. The van der Waals surface area contributed by atoms with Crippen LogP contribution in [0.3, 0.4) is 0 Å². The van der Waals surface area contributed by atoms with Gasteiger partial charge in [-0.3, -0.25) is 9.59 Å². The number of hydrogen-bond donors (Lipinski definition) is 3. The number of carbonyl (C=O) groups excluding carboxylic acids is 1. The highest BCUT2D eigenvalue weighted by Gasteiger charge is 2.13. The fourth-order valence-electron chi connectivity index (χ4n) is 1.38. The highest BCUT2D eigenvalue weighted by molar-refractivity contribution is 5.75. The molecule has 0 bridgehead atoms. The van der Waals surface area contributed by atoms with Crippen molar-refractivity contribution in [1.82, 2.24) is 10.6 Å². The van der Waals surface area contributed by atoms with Crippen LogP contribution in [0.15, 0.2) is 0 Å². The van der Waals surface area contributed by atoms with Crippen molar-refractivity contribution < 1.29 is 19.4 Å². The van der Waals surface area contributed by atoms with Crippen molar-refractivity contribution in [2.75, 3.05) is 27.3 Å². The minimum Gasteiger partial charge on any atom is -0.480 e. The fourth-order valence-corrected chi connectivity index (χ4v) is 1.38. The van der Waals surface area contributed by atoms with Gasteiger partial charge in [-0.1, -0.05) is 0 Å². The number of ether oxygens (including phenoxy) is 1. The minimum absolute atomic E-state index is 0.0322. The van der Waals surface area contributed by atoms with E-state index in [2.05, 4.69) is 10.6 Å². The molecule has 6 heteroatoms. The Kier molecular flexibility index (Phi) is 9.37. The van der Waals surface area contributed by atoms with Gasteiger partial charge in [0.05, 0.1) is 6.61 Å². The Morgan fingerprint density at radius 3 is 2.59 bits per heavy atom. The van der Waals surface area contributed by atoms with Gasteiger partial charge < -0.3 is 20.5 Å². The molecular formula is C11H22N2O4. The number of nitrogens with one attached hydrogen (secondary N) is 2. The lowest BCUT2D eigenvalue weighted by molar-refractivity contribution is -0.139. The van der Waals surface area contributed by atoms with Gasteiger partial charge in [-0.15, -0.1) is 0 Å². The fraction of sp³-hybridized carbons (Fsp3) is 0.818. The van der Waals surface area contributed by atoms with Gasteiger partial charge in [0.25, 0.3) is 0 Å². The zero-order valence-electron chi connectivity index (χ0n) is 10.5. The molecule has 6 nitrogen and oxygen atoms in total. The SMILES string of the molecule is CNC(CCCCNC(=O)CCOC)C(=O)O. The molecule has 0 heterocycles. The zero-order chi connectivity index (χ0) is 13.1. The molecule has 1 amide bonds. The number of rotatable bonds is 10. The molecule has 0 radical (unpaired) electrons. The first-order chi connectivity index (χ1) is 8.11. The van der Waals surface area contributed by atoms with Gasteiger partial charge in [0.15, 0.2) is 0 Å². The maximum Gasteiger partial charge on any atom is 0.320 e. The smallest absolute Gasteiger partial charge is 0.320 e. The number of methoxy groups -OCH3 is 1. The molecule has 0 aromatic heterocycles. The Morgan fingerprint density at radius 1 is 1.35 bits per heavy atom. The summed E-state index contributed by atoms with van der Waals surface area (Å²) in [6.45, 7) is 1.01. The quantitative estimate of drug-likeness (QED) is 0.472. The molecule has 17 heavy (non-hydrogen) atoms. The van der Waals surface area contributed by atoms with Gasteiger partial charge >= 0.3 is 5.97 Å². The summed E-state index contributed by atoms with van der Waals surface area (Å²) in [5.74, 6) is -0.869. The van der Waals surface area contributed by atoms with Crippen molar-refractivity contribution >= 4 is 11.9 Å². The highest BCUT2D eigenvalue weighted by Crippen LogP contribution is 2.00. The van der Waals surface area contributed by atoms with E-state index in [1.54, 1.807) is 14.2 Å². The third kappa shape index (κ3) is 8.65. The average molecular weight is 246 g/mol. The number of likely N-dealkylation sites (N-methyl/N-ethyl adjacent to an activating group) is 1. The molecular weight excluding hydrogens is 224 g/mol. The second-order valence-electron chi connectivity index (χ2n) is 3.77. The van der Waals surface area contributed by atoms with Crippen LogP contribution in [0.4, 0.5) is 0 Å². The number of carboxylic acid groups (broad SMARTS) is 1. The van der Waals surface area contributed by atoms with Crippen molar-refractivity contribution in [1.29, 1.82) is 0 Å². The van der Waals surface area contributed by atoms with E-state index < -0.39 is 12.0 Å². The summed E-state index contributed by atoms with van der Waals surface area (Å²) in [7, 11) is 3.18. The molecule has 0 aromatic carbocycles. The van der Waals surface area contributed by atoms with Crippen molar-refractivity contribution in [3.63, 3.8) is 0 Å². The number of carboxylic acids is 1. The molecule has 0 saturated heterocycles. The van der Waals surface area contributed by atoms with Crippen LogP contribution in [-0.4, -0.2) is 50.3 Å². The minimum atomic E-state index is -0.836. The van der Waals surface area contributed by atoms with Gasteiger partial charge in [0.1, 0.15) is 6.04 Å². The number of aliphatic carboxylic acids is 1. The van der Waals surface area contributed by atoms with Crippen LogP contribution in [-0.2, 0) is 14.3 Å². The maximum atomic E-state index is 11.2. The van der Waals surface area contributed by atoms with Gasteiger partial charge in [-0.2, -0.15) is 0 Å². The van der Waals surface area contributed by atoms with Gasteiger partial charge in [-0.05, 0) is 26.3 Å². The predicted octanol–water partition coefficient (Wildman–Crippen LogP) is -0.0180. The number of hydrogen-bond acceptors (Lipinski definition) is 4. The summed E-state index contributed by atoms with van der Waals surface area (Å²) in [4.78, 5) is 21.8. The Morgan fingerprint density at radius 2 is 2.06 bits per heavy atom. The van der Waals surface area contributed by atoms with Crippen molar-refractivity contribution in [3.8, 4) is 0 Å².